The summed E-state index contributed by atoms with van der Waals surface area (Å²) in [7, 11) is 1.55. The fourth-order valence-electron chi connectivity index (χ4n) is 0.796. The van der Waals surface area contributed by atoms with Gasteiger partial charge in [0.05, 0.1) is 12.7 Å². The van der Waals surface area contributed by atoms with Gasteiger partial charge in [0, 0.05) is 3.57 Å². The van der Waals surface area contributed by atoms with Gasteiger partial charge in [0.1, 0.15) is 5.75 Å². The van der Waals surface area contributed by atoms with Crippen LogP contribution in [0.25, 0.3) is 0 Å². The molecular weight excluding hydrogens is 271 g/mol. The topological polar surface area (TPSA) is 46.5 Å². The zero-order valence-corrected chi connectivity index (χ0v) is 8.53. The van der Waals surface area contributed by atoms with Gasteiger partial charge >= 0.3 is 5.97 Å². The number of carbonyl (C=O) groups is 1. The maximum Gasteiger partial charge on any atom is 0.336 e. The Kier molecular flexibility index (Phi) is 2.91. The van der Waals surface area contributed by atoms with Gasteiger partial charge in [-0.05, 0) is 40.8 Å². The Balaban J connectivity index is 3.12. The van der Waals surface area contributed by atoms with Crippen molar-refractivity contribution < 1.29 is 14.6 Å². The Morgan fingerprint density at radius 3 is 2.67 bits per heavy atom. The predicted molar refractivity (Wildman–Crippen MR) is 52.7 cm³/mol. The number of halogens is 1. The van der Waals surface area contributed by atoms with Crippen LogP contribution in [0.4, 0.5) is 0 Å². The van der Waals surface area contributed by atoms with E-state index in [4.69, 9.17) is 9.84 Å². The summed E-state index contributed by atoms with van der Waals surface area (Å²) in [5.41, 5.74) is 0.302. The van der Waals surface area contributed by atoms with E-state index < -0.39 is 5.97 Å². The number of rotatable bonds is 2. The number of carboxylic acid groups (broad SMARTS) is 1. The molecule has 0 atom stereocenters. The minimum absolute atomic E-state index is 0.302. The van der Waals surface area contributed by atoms with E-state index >= 15 is 0 Å². The highest BCUT2D eigenvalue weighted by molar-refractivity contribution is 14.1. The van der Waals surface area contributed by atoms with Crippen LogP contribution in [0, 0.1) is 3.57 Å². The molecule has 0 saturated carbocycles. The second-order valence-electron chi connectivity index (χ2n) is 2.15. The molecule has 12 heavy (non-hydrogen) atoms. The van der Waals surface area contributed by atoms with Gasteiger partial charge in [-0.15, -0.1) is 0 Å². The maximum absolute atomic E-state index is 10.6. The van der Waals surface area contributed by atoms with Crippen LogP contribution >= 0.6 is 22.6 Å². The van der Waals surface area contributed by atoms with Crippen LogP contribution in [-0.4, -0.2) is 18.2 Å². The molecule has 3 nitrogen and oxygen atoms in total. The Labute approximate surface area is 83.5 Å². The number of hydrogen-bond donors (Lipinski definition) is 1. The van der Waals surface area contributed by atoms with E-state index in [0.717, 1.165) is 0 Å². The number of carboxylic acids is 1. The van der Waals surface area contributed by atoms with Crippen LogP contribution in [0.15, 0.2) is 18.2 Å². The summed E-state index contributed by atoms with van der Waals surface area (Å²) >= 11 is 1.96. The van der Waals surface area contributed by atoms with Gasteiger partial charge in [-0.25, -0.2) is 4.79 Å². The van der Waals surface area contributed by atoms with Crippen molar-refractivity contribution in [2.75, 3.05) is 7.11 Å². The molecule has 1 rings (SSSR count). The van der Waals surface area contributed by atoms with E-state index in [1.54, 1.807) is 19.2 Å². The van der Waals surface area contributed by atoms with Crippen molar-refractivity contribution in [3.8, 4) is 5.75 Å². The number of methoxy groups -OCH3 is 1. The first kappa shape index (κ1) is 9.31. The molecule has 64 valence electrons. The standard InChI is InChI=1S/C8H7IO3/c1-12-5-2-3-6(8(10)11)7(9)4-5/h2-4H,1H3,(H,10,11). The van der Waals surface area contributed by atoms with Crippen molar-refractivity contribution in [3.05, 3.63) is 27.3 Å². The molecule has 0 heterocycles. The summed E-state index contributed by atoms with van der Waals surface area (Å²) < 4.78 is 5.61. The predicted octanol–water partition coefficient (Wildman–Crippen LogP) is 2.00. The molecule has 0 amide bonds. The highest BCUT2D eigenvalue weighted by Crippen LogP contribution is 2.19. The van der Waals surface area contributed by atoms with Crippen LogP contribution < -0.4 is 4.74 Å². The summed E-state index contributed by atoms with van der Waals surface area (Å²) in [5, 5.41) is 8.68. The smallest absolute Gasteiger partial charge is 0.336 e. The monoisotopic (exact) mass is 278 g/mol. The summed E-state index contributed by atoms with van der Waals surface area (Å²) in [5.74, 6) is -0.244. The molecule has 0 unspecified atom stereocenters. The minimum Gasteiger partial charge on any atom is -0.497 e. The number of ether oxygens (including phenoxy) is 1. The van der Waals surface area contributed by atoms with Gasteiger partial charge in [-0.2, -0.15) is 0 Å². The first-order valence-electron chi connectivity index (χ1n) is 3.22. The number of hydrogen-bond acceptors (Lipinski definition) is 2. The lowest BCUT2D eigenvalue weighted by Gasteiger charge is -2.02. The highest BCUT2D eigenvalue weighted by atomic mass is 127. The van der Waals surface area contributed by atoms with Gasteiger partial charge in [0.2, 0.25) is 0 Å². The summed E-state index contributed by atoms with van der Waals surface area (Å²) in [4.78, 5) is 10.6. The first-order chi connectivity index (χ1) is 5.65. The van der Waals surface area contributed by atoms with Crippen LogP contribution in [0.3, 0.4) is 0 Å². The molecule has 0 bridgehead atoms. The van der Waals surface area contributed by atoms with E-state index in [-0.39, 0.29) is 0 Å². The van der Waals surface area contributed by atoms with Crippen molar-refractivity contribution >= 4 is 28.6 Å². The fraction of sp³-hybridized carbons (Fsp3) is 0.125. The largest absolute Gasteiger partial charge is 0.497 e. The second-order valence-corrected chi connectivity index (χ2v) is 3.31. The molecular formula is C8H7IO3. The zero-order chi connectivity index (χ0) is 9.14. The van der Waals surface area contributed by atoms with E-state index in [9.17, 15) is 4.79 Å². The Morgan fingerprint density at radius 2 is 2.25 bits per heavy atom. The van der Waals surface area contributed by atoms with Gasteiger partial charge in [-0.3, -0.25) is 0 Å². The molecule has 1 aromatic rings. The lowest BCUT2D eigenvalue weighted by Crippen LogP contribution is -1.99. The molecule has 1 N–H and O–H groups in total. The molecule has 0 aromatic heterocycles. The van der Waals surface area contributed by atoms with Gasteiger partial charge in [0.25, 0.3) is 0 Å². The molecule has 0 aliphatic heterocycles. The Morgan fingerprint density at radius 1 is 1.58 bits per heavy atom. The van der Waals surface area contributed by atoms with Crippen molar-refractivity contribution in [1.29, 1.82) is 0 Å². The van der Waals surface area contributed by atoms with Crippen LogP contribution in [0.5, 0.6) is 5.75 Å². The van der Waals surface area contributed by atoms with Gasteiger partial charge < -0.3 is 9.84 Å². The average molecular weight is 278 g/mol. The van der Waals surface area contributed by atoms with E-state index in [1.165, 1.54) is 6.07 Å². The summed E-state index contributed by atoms with van der Waals surface area (Å²) in [6.07, 6.45) is 0. The third-order valence-corrected chi connectivity index (χ3v) is 2.30. The van der Waals surface area contributed by atoms with Crippen LogP contribution in [0.2, 0.25) is 0 Å². The third kappa shape index (κ3) is 1.88. The van der Waals surface area contributed by atoms with Crippen molar-refractivity contribution in [2.24, 2.45) is 0 Å². The van der Waals surface area contributed by atoms with Crippen LogP contribution in [0.1, 0.15) is 10.4 Å². The zero-order valence-electron chi connectivity index (χ0n) is 6.37. The molecule has 1 aromatic carbocycles. The molecule has 0 aliphatic rings. The Bertz CT molecular complexity index is 309. The third-order valence-electron chi connectivity index (χ3n) is 1.41. The second kappa shape index (κ2) is 3.75. The summed E-state index contributed by atoms with van der Waals surface area (Å²) in [6.45, 7) is 0. The van der Waals surface area contributed by atoms with E-state index in [2.05, 4.69) is 0 Å². The normalized spacial score (nSPS) is 9.50. The molecule has 0 aliphatic carbocycles. The molecule has 4 heteroatoms. The molecule has 0 fully saturated rings. The Hall–Kier alpha value is -0.780. The minimum atomic E-state index is -0.915. The SMILES string of the molecule is COc1ccc(C(=O)O)c(I)c1. The summed E-state index contributed by atoms with van der Waals surface area (Å²) in [6, 6.07) is 4.85. The van der Waals surface area contributed by atoms with Crippen molar-refractivity contribution in [1.82, 2.24) is 0 Å². The van der Waals surface area contributed by atoms with Crippen molar-refractivity contribution in [2.45, 2.75) is 0 Å². The van der Waals surface area contributed by atoms with Gasteiger partial charge in [0.15, 0.2) is 0 Å². The maximum atomic E-state index is 10.6. The van der Waals surface area contributed by atoms with Crippen molar-refractivity contribution in [3.63, 3.8) is 0 Å². The van der Waals surface area contributed by atoms with Gasteiger partial charge in [-0.1, -0.05) is 0 Å². The number of aromatic carboxylic acids is 1. The number of benzene rings is 1. The van der Waals surface area contributed by atoms with Crippen LogP contribution in [-0.2, 0) is 0 Å². The molecule has 0 saturated heterocycles. The fourth-order valence-corrected chi connectivity index (χ4v) is 1.51. The molecule has 0 spiro atoms. The molecule has 0 radical (unpaired) electrons. The van der Waals surface area contributed by atoms with E-state index in [1.807, 2.05) is 22.6 Å². The lowest BCUT2D eigenvalue weighted by molar-refractivity contribution is 0.0695. The lowest BCUT2D eigenvalue weighted by atomic mass is 10.2. The quantitative estimate of drug-likeness (QED) is 0.841. The van der Waals surface area contributed by atoms with E-state index in [0.29, 0.717) is 14.9 Å². The first-order valence-corrected chi connectivity index (χ1v) is 4.30. The highest BCUT2D eigenvalue weighted by Gasteiger charge is 2.07. The average Bonchev–Trinajstić information content (AvgIpc) is 2.03.